The van der Waals surface area contributed by atoms with Crippen LogP contribution in [0.15, 0.2) is 27.6 Å². The smallest absolute Gasteiger partial charge is 0.350 e. The molecule has 2 aliphatic rings. The molecule has 2 aromatic rings. The number of nitrogens with one attached hydrogen (secondary N) is 1. The lowest BCUT2D eigenvalue weighted by molar-refractivity contribution is -0.767. The number of fused-ring (bicyclic) bond motifs is 1. The second kappa shape index (κ2) is 11.8. The van der Waals surface area contributed by atoms with Gasteiger partial charge in [0.2, 0.25) is 23.3 Å². The van der Waals surface area contributed by atoms with Gasteiger partial charge in [0.05, 0.1) is 18.2 Å². The SMILES string of the molecule is CCn1c(N)c(N=C(N)N)c[n+]1CC1=C(C(=O)[O-])N2C(=O)[C@@H](NC(=O)/C(=N\OC(C)(C)C(=O)O)c3nsc(N)n3)[C@H]2SC1. The number of hydrogen-bond acceptors (Lipinski definition) is 14. The fourth-order valence-corrected chi connectivity index (χ4v) is 5.94. The molecule has 4 rings (SSSR count). The van der Waals surface area contributed by atoms with Crippen LogP contribution in [0.2, 0.25) is 0 Å². The molecule has 0 aliphatic carbocycles. The fraction of sp³-hybridized carbons (Fsp3) is 0.409. The standard InChI is InChI=1S/C22H28N12O7S2/c1-4-33-13(23)9(27-20(24)25)6-32(33)5-8-7-42-17-11(16(36)34(17)12(8)18(37)38)28-15(35)10(14-29-21(26)43-31-14)30-41-22(2,3)19(39)40/h6,11,17,23H,4-5,7H2,1-3H3,(H9,24,25,26,27,28,29,31,35,37,38,39,40)/b30-10-/t11-,17-/m1/s1. The number of carboxylic acid groups (broad SMARTS) is 2. The number of aliphatic carboxylic acids is 2. The van der Waals surface area contributed by atoms with E-state index >= 15 is 0 Å². The molecule has 1 fully saturated rings. The maximum Gasteiger partial charge on any atom is 0.350 e. The number of β-lactam (4-membered cyclic amide) rings is 1. The van der Waals surface area contributed by atoms with Crippen LogP contribution >= 0.6 is 23.3 Å². The topological polar surface area (TPSA) is 299 Å². The summed E-state index contributed by atoms with van der Waals surface area (Å²) in [6, 6.07) is -1.17. The Labute approximate surface area is 251 Å². The third-order valence-corrected chi connectivity index (χ3v) is 8.18. The Morgan fingerprint density at radius 2 is 2.02 bits per heavy atom. The molecule has 10 N–H and O–H groups in total. The fourth-order valence-electron chi connectivity index (χ4n) is 4.17. The van der Waals surface area contributed by atoms with Gasteiger partial charge in [0.25, 0.3) is 11.8 Å². The van der Waals surface area contributed by atoms with Gasteiger partial charge >= 0.3 is 5.97 Å². The molecule has 0 radical (unpaired) electrons. The summed E-state index contributed by atoms with van der Waals surface area (Å²) in [4.78, 5) is 64.1. The maximum absolute atomic E-state index is 13.2. The van der Waals surface area contributed by atoms with Gasteiger partial charge in [-0.1, -0.05) is 5.16 Å². The lowest BCUT2D eigenvalue weighted by atomic mass is 10.0. The zero-order chi connectivity index (χ0) is 31.8. The lowest BCUT2D eigenvalue weighted by Crippen LogP contribution is -2.71. The molecule has 21 heteroatoms. The van der Waals surface area contributed by atoms with E-state index in [1.165, 1.54) is 25.6 Å². The van der Waals surface area contributed by atoms with Crippen LogP contribution in [0.4, 0.5) is 16.6 Å². The van der Waals surface area contributed by atoms with Crippen LogP contribution < -0.4 is 38.0 Å². The summed E-state index contributed by atoms with van der Waals surface area (Å²) in [6.07, 6.45) is 1.55. The number of guanidine groups is 1. The van der Waals surface area contributed by atoms with E-state index in [-0.39, 0.29) is 46.4 Å². The van der Waals surface area contributed by atoms with Gasteiger partial charge in [-0.2, -0.15) is 9.36 Å². The third kappa shape index (κ3) is 6.02. The van der Waals surface area contributed by atoms with Gasteiger partial charge in [0.15, 0.2) is 29.1 Å². The summed E-state index contributed by atoms with van der Waals surface area (Å²) in [5.74, 6) is -4.70. The first-order valence-corrected chi connectivity index (χ1v) is 14.2. The molecule has 2 aromatic heterocycles. The van der Waals surface area contributed by atoms with Gasteiger partial charge in [0, 0.05) is 22.9 Å². The number of aliphatic imine (C=N–C) groups is 1. The highest BCUT2D eigenvalue weighted by molar-refractivity contribution is 8.00. The first-order chi connectivity index (χ1) is 20.2. The largest absolute Gasteiger partial charge is 0.543 e. The summed E-state index contributed by atoms with van der Waals surface area (Å²) < 4.78 is 7.17. The van der Waals surface area contributed by atoms with E-state index in [0.717, 1.165) is 16.4 Å². The summed E-state index contributed by atoms with van der Waals surface area (Å²) in [5.41, 5.74) is 20.7. The van der Waals surface area contributed by atoms with Gasteiger partial charge in [-0.05, 0) is 20.8 Å². The van der Waals surface area contributed by atoms with Crippen LogP contribution in [0.3, 0.4) is 0 Å². The van der Waals surface area contributed by atoms with E-state index < -0.39 is 46.5 Å². The van der Waals surface area contributed by atoms with Crippen molar-refractivity contribution >= 4 is 75.4 Å². The molecule has 0 saturated carbocycles. The number of nitrogens with two attached hydrogens (primary N) is 4. The molecule has 2 atom stereocenters. The van der Waals surface area contributed by atoms with E-state index in [0.29, 0.717) is 12.1 Å². The van der Waals surface area contributed by atoms with E-state index in [9.17, 15) is 29.4 Å². The minimum absolute atomic E-state index is 0.00254. The number of nitrogens with zero attached hydrogens (tertiary/aromatic N) is 7. The van der Waals surface area contributed by atoms with E-state index in [1.807, 2.05) is 6.92 Å². The second-order valence-electron chi connectivity index (χ2n) is 9.65. The van der Waals surface area contributed by atoms with Crippen molar-refractivity contribution in [1.82, 2.24) is 24.3 Å². The molecule has 0 spiro atoms. The Morgan fingerprint density at radius 3 is 2.58 bits per heavy atom. The highest BCUT2D eigenvalue weighted by atomic mass is 32.2. The predicted molar refractivity (Wildman–Crippen MR) is 151 cm³/mol. The molecule has 1 saturated heterocycles. The number of thioether (sulfide) groups is 1. The van der Waals surface area contributed by atoms with E-state index in [1.54, 1.807) is 15.6 Å². The minimum Gasteiger partial charge on any atom is -0.543 e. The van der Waals surface area contributed by atoms with Crippen molar-refractivity contribution in [3.8, 4) is 0 Å². The van der Waals surface area contributed by atoms with Crippen molar-refractivity contribution in [3.63, 3.8) is 0 Å². The maximum atomic E-state index is 13.2. The first-order valence-electron chi connectivity index (χ1n) is 12.4. The van der Waals surface area contributed by atoms with Crippen LogP contribution in [0.25, 0.3) is 0 Å². The monoisotopic (exact) mass is 636 g/mol. The van der Waals surface area contributed by atoms with Crippen molar-refractivity contribution in [2.75, 3.05) is 17.2 Å². The van der Waals surface area contributed by atoms with Gasteiger partial charge in [-0.25, -0.2) is 9.79 Å². The van der Waals surface area contributed by atoms with Gasteiger partial charge < -0.3 is 48.1 Å². The molecular weight excluding hydrogens is 608 g/mol. The van der Waals surface area contributed by atoms with Crippen molar-refractivity contribution in [1.29, 1.82) is 0 Å². The molecule has 2 aliphatic heterocycles. The number of hydrogen-bond donors (Lipinski definition) is 6. The molecule has 2 amide bonds. The quantitative estimate of drug-likeness (QED) is 0.0457. The first kappa shape index (κ1) is 31.0. The number of carbonyl (C=O) groups is 4. The van der Waals surface area contributed by atoms with Crippen LogP contribution in [0, 0.1) is 0 Å². The van der Waals surface area contributed by atoms with Crippen LogP contribution in [-0.4, -0.2) is 82.2 Å². The highest BCUT2D eigenvalue weighted by Crippen LogP contribution is 2.40. The molecule has 0 unspecified atom stereocenters. The molecular formula is C22H28N12O7S2. The Hall–Kier alpha value is -4.92. The van der Waals surface area contributed by atoms with Gasteiger partial charge in [-0.15, -0.1) is 21.1 Å². The van der Waals surface area contributed by atoms with Crippen molar-refractivity contribution in [3.05, 3.63) is 23.3 Å². The zero-order valence-electron chi connectivity index (χ0n) is 23.0. The number of carbonyl (C=O) groups excluding carboxylic acids is 3. The molecule has 4 heterocycles. The second-order valence-corrected chi connectivity index (χ2v) is 11.5. The Morgan fingerprint density at radius 1 is 1.33 bits per heavy atom. The number of aromatic nitrogens is 4. The van der Waals surface area contributed by atoms with Crippen LogP contribution in [-0.2, 0) is 37.1 Å². The number of anilines is 2. The van der Waals surface area contributed by atoms with E-state index in [2.05, 4.69) is 24.8 Å². The van der Waals surface area contributed by atoms with Crippen molar-refractivity contribution in [2.45, 2.75) is 50.9 Å². The Kier molecular flexibility index (Phi) is 8.48. The Bertz CT molecular complexity index is 1590. The van der Waals surface area contributed by atoms with Crippen molar-refractivity contribution < 1.29 is 38.9 Å². The molecule has 0 bridgehead atoms. The molecule has 230 valence electrons. The summed E-state index contributed by atoms with van der Waals surface area (Å²) in [7, 11) is 0. The van der Waals surface area contributed by atoms with Crippen LogP contribution in [0.1, 0.15) is 26.6 Å². The van der Waals surface area contributed by atoms with Gasteiger partial charge in [-0.3, -0.25) is 14.5 Å². The predicted octanol–water partition coefficient (Wildman–Crippen LogP) is -3.60. The third-order valence-electron chi connectivity index (χ3n) is 6.30. The number of amides is 2. The number of carboxylic acids is 2. The Balaban J connectivity index is 1.59. The van der Waals surface area contributed by atoms with Crippen LogP contribution in [0.5, 0.6) is 0 Å². The highest BCUT2D eigenvalue weighted by Gasteiger charge is 2.53. The average Bonchev–Trinajstić information content (AvgIpc) is 3.48. The normalized spacial score (nSPS) is 18.5. The number of oxime groups is 1. The number of rotatable bonds is 11. The summed E-state index contributed by atoms with van der Waals surface area (Å²) in [6.45, 7) is 4.66. The summed E-state index contributed by atoms with van der Waals surface area (Å²) in [5, 5.41) is 26.9. The van der Waals surface area contributed by atoms with Gasteiger partial charge in [0.1, 0.15) is 11.4 Å². The molecule has 0 aromatic carbocycles. The minimum atomic E-state index is -1.82. The average molecular weight is 637 g/mol. The zero-order valence-corrected chi connectivity index (χ0v) is 24.6. The van der Waals surface area contributed by atoms with E-state index in [4.69, 9.17) is 27.8 Å². The number of nitrogen functional groups attached to an aromatic ring is 2. The van der Waals surface area contributed by atoms with Crippen molar-refractivity contribution in [2.24, 2.45) is 21.6 Å². The molecule has 43 heavy (non-hydrogen) atoms. The summed E-state index contributed by atoms with van der Waals surface area (Å²) >= 11 is 1.96. The molecule has 19 nitrogen and oxygen atoms in total. The lowest BCUT2D eigenvalue weighted by Gasteiger charge is -2.50.